The van der Waals surface area contributed by atoms with Gasteiger partial charge >= 0.3 is 0 Å². The fourth-order valence-electron chi connectivity index (χ4n) is 3.65. The number of carbonyl (C=O) groups excluding carboxylic acids is 1. The quantitative estimate of drug-likeness (QED) is 0.205. The molecule has 0 aliphatic rings. The molecular formula is C28H24ClFN2O5S2. The summed E-state index contributed by atoms with van der Waals surface area (Å²) in [5, 5.41) is 2.99. The molecule has 0 fully saturated rings. The van der Waals surface area contributed by atoms with E-state index in [1.54, 1.807) is 48.5 Å². The van der Waals surface area contributed by atoms with Gasteiger partial charge in [-0.05, 0) is 79.1 Å². The lowest BCUT2D eigenvalue weighted by molar-refractivity contribution is -0.114. The molecular weight excluding hydrogens is 563 g/mol. The highest BCUT2D eigenvalue weighted by Gasteiger charge is 2.28. The van der Waals surface area contributed by atoms with Gasteiger partial charge in [0, 0.05) is 9.92 Å². The molecule has 1 N–H and O–H groups in total. The summed E-state index contributed by atoms with van der Waals surface area (Å²) in [6.07, 6.45) is 1.87. The van der Waals surface area contributed by atoms with Gasteiger partial charge in [0.05, 0.1) is 23.4 Å². The van der Waals surface area contributed by atoms with Crippen molar-refractivity contribution < 1.29 is 27.1 Å². The number of nitrogens with one attached hydrogen (secondary N) is 1. The number of rotatable bonds is 10. The fraction of sp³-hybridized carbons (Fsp3) is 0.107. The minimum absolute atomic E-state index is 0.00400. The SMILES string of the molecule is COc1ccccc1Oc1ccc(Cl)cc1NC(=O)CN(c1cccc(F)c1)S(=O)(=O)c1ccc(SC)cc1. The molecule has 0 bridgehead atoms. The number of ether oxygens (including phenoxy) is 2. The third kappa shape index (κ3) is 6.83. The Balaban J connectivity index is 1.65. The Morgan fingerprint density at radius 1 is 0.949 bits per heavy atom. The molecule has 0 heterocycles. The van der Waals surface area contributed by atoms with Crippen LogP contribution in [0, 0.1) is 5.82 Å². The first-order valence-electron chi connectivity index (χ1n) is 11.5. The first-order chi connectivity index (χ1) is 18.7. The van der Waals surface area contributed by atoms with Gasteiger partial charge in [0.25, 0.3) is 10.0 Å². The number of sulfonamides is 1. The van der Waals surface area contributed by atoms with E-state index in [4.69, 9.17) is 21.1 Å². The summed E-state index contributed by atoms with van der Waals surface area (Å²) in [4.78, 5) is 14.1. The first kappa shape index (κ1) is 28.3. The van der Waals surface area contributed by atoms with Gasteiger partial charge in [-0.1, -0.05) is 29.8 Å². The molecule has 4 aromatic carbocycles. The van der Waals surface area contributed by atoms with E-state index in [-0.39, 0.29) is 22.0 Å². The Labute approximate surface area is 235 Å². The number of halogens is 2. The average Bonchev–Trinajstić information content (AvgIpc) is 2.93. The lowest BCUT2D eigenvalue weighted by Crippen LogP contribution is -2.38. The number of benzene rings is 4. The second-order valence-electron chi connectivity index (χ2n) is 8.11. The van der Waals surface area contributed by atoms with E-state index in [9.17, 15) is 17.6 Å². The fourth-order valence-corrected chi connectivity index (χ4v) is 5.65. The maximum Gasteiger partial charge on any atom is 0.264 e. The lowest BCUT2D eigenvalue weighted by atomic mass is 10.2. The molecule has 0 saturated heterocycles. The largest absolute Gasteiger partial charge is 0.493 e. The molecule has 0 aliphatic carbocycles. The van der Waals surface area contributed by atoms with Gasteiger partial charge in [-0.3, -0.25) is 9.10 Å². The van der Waals surface area contributed by atoms with Gasteiger partial charge in [-0.15, -0.1) is 11.8 Å². The van der Waals surface area contributed by atoms with Crippen molar-refractivity contribution in [3.05, 3.63) is 102 Å². The molecule has 0 radical (unpaired) electrons. The molecule has 7 nitrogen and oxygen atoms in total. The van der Waals surface area contributed by atoms with Crippen LogP contribution in [0.3, 0.4) is 0 Å². The van der Waals surface area contributed by atoms with Crippen molar-refractivity contribution in [2.45, 2.75) is 9.79 Å². The molecule has 0 saturated carbocycles. The van der Waals surface area contributed by atoms with Crippen molar-refractivity contribution in [3.8, 4) is 17.2 Å². The number of hydrogen-bond donors (Lipinski definition) is 1. The summed E-state index contributed by atoms with van der Waals surface area (Å²) in [6.45, 7) is -0.642. The summed E-state index contributed by atoms with van der Waals surface area (Å²) in [7, 11) is -2.73. The van der Waals surface area contributed by atoms with Gasteiger partial charge < -0.3 is 14.8 Å². The Kier molecular flexibility index (Phi) is 9.01. The molecule has 11 heteroatoms. The number of carbonyl (C=O) groups is 1. The van der Waals surface area contributed by atoms with Gasteiger partial charge in [-0.25, -0.2) is 12.8 Å². The van der Waals surface area contributed by atoms with E-state index in [0.717, 1.165) is 15.3 Å². The Bertz CT molecular complexity index is 1580. The van der Waals surface area contributed by atoms with Crippen molar-refractivity contribution in [1.82, 2.24) is 0 Å². The van der Waals surface area contributed by atoms with Crippen molar-refractivity contribution in [1.29, 1.82) is 0 Å². The summed E-state index contributed by atoms with van der Waals surface area (Å²) in [5.74, 6) is -0.218. The Morgan fingerprint density at radius 3 is 2.33 bits per heavy atom. The normalized spacial score (nSPS) is 11.1. The second-order valence-corrected chi connectivity index (χ2v) is 11.3. The second kappa shape index (κ2) is 12.4. The summed E-state index contributed by atoms with van der Waals surface area (Å²) < 4.78 is 53.5. The molecule has 39 heavy (non-hydrogen) atoms. The van der Waals surface area contributed by atoms with Crippen molar-refractivity contribution in [2.24, 2.45) is 0 Å². The average molecular weight is 587 g/mol. The van der Waals surface area contributed by atoms with Gasteiger partial charge in [0.1, 0.15) is 12.4 Å². The summed E-state index contributed by atoms with van der Waals surface area (Å²) in [5.41, 5.74) is 0.204. The number of para-hydroxylation sites is 2. The maximum atomic E-state index is 14.1. The number of amides is 1. The standard InChI is InChI=1S/C28H24ClFN2O5S2/c1-36-26-8-3-4-9-27(26)37-25-15-10-19(29)16-24(25)31-28(33)18-32(21-7-5-6-20(30)17-21)39(34,35)23-13-11-22(38-2)12-14-23/h3-17H,18H2,1-2H3,(H,31,33). The molecule has 4 aromatic rings. The third-order valence-electron chi connectivity index (χ3n) is 5.54. The molecule has 1 amide bonds. The van der Waals surface area contributed by atoms with E-state index in [1.165, 1.54) is 55.3 Å². The number of nitrogens with zero attached hydrogens (tertiary/aromatic N) is 1. The van der Waals surface area contributed by atoms with Crippen LogP contribution in [0.4, 0.5) is 15.8 Å². The molecule has 0 unspecified atom stereocenters. The van der Waals surface area contributed by atoms with Crippen LogP contribution < -0.4 is 19.1 Å². The van der Waals surface area contributed by atoms with Gasteiger partial charge in [0.2, 0.25) is 5.91 Å². The van der Waals surface area contributed by atoms with Crippen molar-refractivity contribution in [2.75, 3.05) is 29.5 Å². The van der Waals surface area contributed by atoms with Crippen LogP contribution in [-0.2, 0) is 14.8 Å². The maximum absolute atomic E-state index is 14.1. The predicted octanol–water partition coefficient (Wildman–Crippen LogP) is 6.84. The molecule has 0 aliphatic heterocycles. The molecule has 202 valence electrons. The molecule has 0 spiro atoms. The highest BCUT2D eigenvalue weighted by atomic mass is 35.5. The van der Waals surface area contributed by atoms with E-state index in [0.29, 0.717) is 16.5 Å². The van der Waals surface area contributed by atoms with Crippen molar-refractivity contribution in [3.63, 3.8) is 0 Å². The zero-order chi connectivity index (χ0) is 28.0. The Morgan fingerprint density at radius 2 is 1.67 bits per heavy atom. The number of anilines is 2. The van der Waals surface area contributed by atoms with Crippen LogP contribution in [0.1, 0.15) is 0 Å². The zero-order valence-electron chi connectivity index (χ0n) is 20.9. The third-order valence-corrected chi connectivity index (χ3v) is 8.30. The monoisotopic (exact) mass is 586 g/mol. The minimum Gasteiger partial charge on any atom is -0.493 e. The highest BCUT2D eigenvalue weighted by Crippen LogP contribution is 2.36. The van der Waals surface area contributed by atoms with Crippen LogP contribution in [0.5, 0.6) is 17.2 Å². The summed E-state index contributed by atoms with van der Waals surface area (Å²) in [6, 6.07) is 22.8. The predicted molar refractivity (Wildman–Crippen MR) is 152 cm³/mol. The van der Waals surface area contributed by atoms with E-state index >= 15 is 0 Å². The van der Waals surface area contributed by atoms with Crippen molar-refractivity contribution >= 4 is 50.7 Å². The molecule has 0 aromatic heterocycles. The van der Waals surface area contributed by atoms with E-state index < -0.39 is 28.3 Å². The Hall–Kier alpha value is -3.73. The number of thioether (sulfide) groups is 1. The van der Waals surface area contributed by atoms with Gasteiger partial charge in [0.15, 0.2) is 17.2 Å². The van der Waals surface area contributed by atoms with Crippen LogP contribution in [0.25, 0.3) is 0 Å². The van der Waals surface area contributed by atoms with E-state index in [1.807, 2.05) is 6.26 Å². The number of methoxy groups -OCH3 is 1. The lowest BCUT2D eigenvalue weighted by Gasteiger charge is -2.24. The minimum atomic E-state index is -4.24. The van der Waals surface area contributed by atoms with Crippen LogP contribution in [0.2, 0.25) is 5.02 Å². The topological polar surface area (TPSA) is 84.9 Å². The zero-order valence-corrected chi connectivity index (χ0v) is 23.3. The molecule has 4 rings (SSSR count). The van der Waals surface area contributed by atoms with Crippen LogP contribution in [0.15, 0.2) is 101 Å². The first-order valence-corrected chi connectivity index (χ1v) is 14.6. The molecule has 0 atom stereocenters. The smallest absolute Gasteiger partial charge is 0.264 e. The van der Waals surface area contributed by atoms with Gasteiger partial charge in [-0.2, -0.15) is 0 Å². The van der Waals surface area contributed by atoms with Crippen LogP contribution >= 0.6 is 23.4 Å². The number of hydrogen-bond acceptors (Lipinski definition) is 6. The summed E-state index contributed by atoms with van der Waals surface area (Å²) >= 11 is 7.64. The highest BCUT2D eigenvalue weighted by molar-refractivity contribution is 7.98. The van der Waals surface area contributed by atoms with Crippen LogP contribution in [-0.4, -0.2) is 34.2 Å². The van der Waals surface area contributed by atoms with E-state index in [2.05, 4.69) is 5.32 Å².